The first-order valence-electron chi connectivity index (χ1n) is 8.47. The minimum absolute atomic E-state index is 0.148. The highest BCUT2D eigenvalue weighted by Crippen LogP contribution is 2.25. The van der Waals surface area contributed by atoms with E-state index in [1.54, 1.807) is 13.0 Å². The molecule has 6 nitrogen and oxygen atoms in total. The molecular formula is C18H24N4O2S. The van der Waals surface area contributed by atoms with Crippen LogP contribution in [-0.4, -0.2) is 41.7 Å². The molecule has 2 aromatic rings. The van der Waals surface area contributed by atoms with E-state index in [1.165, 1.54) is 17.2 Å². The van der Waals surface area contributed by atoms with E-state index in [0.717, 1.165) is 24.3 Å². The molecule has 1 unspecified atom stereocenters. The lowest BCUT2D eigenvalue weighted by Gasteiger charge is -2.29. The van der Waals surface area contributed by atoms with Gasteiger partial charge in [-0.2, -0.15) is 11.8 Å². The summed E-state index contributed by atoms with van der Waals surface area (Å²) >= 11 is 2.00. The van der Waals surface area contributed by atoms with Crippen molar-refractivity contribution in [2.45, 2.75) is 26.8 Å². The number of hydrogen-bond acceptors (Lipinski definition) is 6. The zero-order chi connectivity index (χ0) is 17.8. The van der Waals surface area contributed by atoms with Crippen LogP contribution < -0.4 is 15.5 Å². The smallest absolute Gasteiger partial charge is 0.247 e. The van der Waals surface area contributed by atoms with Gasteiger partial charge in [0.25, 0.3) is 0 Å². The van der Waals surface area contributed by atoms with Gasteiger partial charge in [-0.3, -0.25) is 4.79 Å². The van der Waals surface area contributed by atoms with Crippen molar-refractivity contribution >= 4 is 34.9 Å². The number of hydrogen-bond donors (Lipinski definition) is 2. The maximum atomic E-state index is 12.3. The Balaban J connectivity index is 1.62. The van der Waals surface area contributed by atoms with Gasteiger partial charge in [0.2, 0.25) is 5.91 Å². The van der Waals surface area contributed by atoms with E-state index in [4.69, 9.17) is 4.52 Å². The van der Waals surface area contributed by atoms with Crippen molar-refractivity contribution in [2.24, 2.45) is 0 Å². The maximum absolute atomic E-state index is 12.3. The summed E-state index contributed by atoms with van der Waals surface area (Å²) in [6.45, 7) is 7.86. The number of benzene rings is 1. The molecule has 0 bridgehead atoms. The highest BCUT2D eigenvalue weighted by atomic mass is 32.2. The van der Waals surface area contributed by atoms with Crippen LogP contribution in [0.1, 0.15) is 18.2 Å². The molecule has 1 saturated heterocycles. The zero-order valence-corrected chi connectivity index (χ0v) is 15.7. The molecule has 1 atom stereocenters. The molecule has 1 aromatic heterocycles. The van der Waals surface area contributed by atoms with E-state index in [1.807, 2.05) is 18.7 Å². The molecular weight excluding hydrogens is 336 g/mol. The molecule has 1 fully saturated rings. The SMILES string of the molecule is Cc1cc(NC(=O)C(C)Nc2ccc(N3CCSCC3)cc2C)no1. The van der Waals surface area contributed by atoms with E-state index < -0.39 is 0 Å². The first-order valence-corrected chi connectivity index (χ1v) is 9.62. The fourth-order valence-corrected chi connectivity index (χ4v) is 3.69. The summed E-state index contributed by atoms with van der Waals surface area (Å²) in [7, 11) is 0. The number of aromatic nitrogens is 1. The van der Waals surface area contributed by atoms with Gasteiger partial charge in [-0.25, -0.2) is 0 Å². The molecule has 0 spiro atoms. The van der Waals surface area contributed by atoms with Crippen LogP contribution >= 0.6 is 11.8 Å². The summed E-state index contributed by atoms with van der Waals surface area (Å²) in [5.74, 6) is 3.31. The highest BCUT2D eigenvalue weighted by molar-refractivity contribution is 7.99. The van der Waals surface area contributed by atoms with Crippen molar-refractivity contribution in [3.05, 3.63) is 35.6 Å². The van der Waals surface area contributed by atoms with Crippen molar-refractivity contribution in [2.75, 3.05) is 40.1 Å². The lowest BCUT2D eigenvalue weighted by molar-refractivity contribution is -0.116. The normalized spacial score (nSPS) is 15.7. The standard InChI is InChI=1S/C18H24N4O2S/c1-12-10-15(22-6-8-25-9-7-22)4-5-16(12)19-14(3)18(23)20-17-11-13(2)24-21-17/h4-5,10-11,14,19H,6-9H2,1-3H3,(H,20,21,23). The number of nitrogens with one attached hydrogen (secondary N) is 2. The third-order valence-corrected chi connectivity index (χ3v) is 5.17. The Labute approximate surface area is 152 Å². The van der Waals surface area contributed by atoms with Crippen LogP contribution in [0.25, 0.3) is 0 Å². The third kappa shape index (κ3) is 4.48. The van der Waals surface area contributed by atoms with Gasteiger partial charge in [-0.15, -0.1) is 0 Å². The molecule has 1 aromatic carbocycles. The van der Waals surface area contributed by atoms with Gasteiger partial charge >= 0.3 is 0 Å². The molecule has 25 heavy (non-hydrogen) atoms. The molecule has 3 rings (SSSR count). The minimum Gasteiger partial charge on any atom is -0.374 e. The monoisotopic (exact) mass is 360 g/mol. The van der Waals surface area contributed by atoms with Crippen LogP contribution in [0.2, 0.25) is 0 Å². The Hall–Kier alpha value is -2.15. The molecule has 2 N–H and O–H groups in total. The van der Waals surface area contributed by atoms with Crippen LogP contribution in [0, 0.1) is 13.8 Å². The quantitative estimate of drug-likeness (QED) is 0.853. The summed E-state index contributed by atoms with van der Waals surface area (Å²) in [4.78, 5) is 14.7. The fourth-order valence-electron chi connectivity index (χ4n) is 2.79. The predicted octanol–water partition coefficient (Wildman–Crippen LogP) is 3.28. The van der Waals surface area contributed by atoms with Gasteiger partial charge in [-0.1, -0.05) is 5.16 Å². The Kier molecular flexibility index (Phi) is 5.53. The van der Waals surface area contributed by atoms with Crippen molar-refractivity contribution in [1.29, 1.82) is 0 Å². The zero-order valence-electron chi connectivity index (χ0n) is 14.8. The number of anilines is 3. The number of amides is 1. The Bertz CT molecular complexity index is 740. The number of nitrogens with zero attached hydrogens (tertiary/aromatic N) is 2. The number of carbonyl (C=O) groups excluding carboxylic acids is 1. The van der Waals surface area contributed by atoms with Crippen LogP contribution in [0.3, 0.4) is 0 Å². The molecule has 7 heteroatoms. The second kappa shape index (κ2) is 7.82. The van der Waals surface area contributed by atoms with E-state index in [2.05, 4.69) is 45.8 Å². The molecule has 0 aliphatic carbocycles. The molecule has 1 amide bonds. The van der Waals surface area contributed by atoms with Gasteiger partial charge < -0.3 is 20.1 Å². The third-order valence-electron chi connectivity index (χ3n) is 4.23. The molecule has 1 aliphatic heterocycles. The van der Waals surface area contributed by atoms with Crippen molar-refractivity contribution < 1.29 is 9.32 Å². The van der Waals surface area contributed by atoms with Crippen molar-refractivity contribution in [3.8, 4) is 0 Å². The van der Waals surface area contributed by atoms with Gasteiger partial charge in [0, 0.05) is 42.0 Å². The summed E-state index contributed by atoms with van der Waals surface area (Å²) in [6, 6.07) is 7.67. The molecule has 2 heterocycles. The number of carbonyl (C=O) groups is 1. The van der Waals surface area contributed by atoms with Gasteiger partial charge in [0.05, 0.1) is 0 Å². The minimum atomic E-state index is -0.382. The van der Waals surface area contributed by atoms with Gasteiger partial charge in [0.1, 0.15) is 11.8 Å². The van der Waals surface area contributed by atoms with Crippen LogP contribution in [0.5, 0.6) is 0 Å². The molecule has 0 saturated carbocycles. The topological polar surface area (TPSA) is 70.4 Å². The maximum Gasteiger partial charge on any atom is 0.247 e. The van der Waals surface area contributed by atoms with Crippen LogP contribution in [0.15, 0.2) is 28.8 Å². The average molecular weight is 360 g/mol. The highest BCUT2D eigenvalue weighted by Gasteiger charge is 2.16. The summed E-state index contributed by atoms with van der Waals surface area (Å²) < 4.78 is 4.96. The Morgan fingerprint density at radius 1 is 1.28 bits per heavy atom. The van der Waals surface area contributed by atoms with Crippen LogP contribution in [-0.2, 0) is 4.79 Å². The van der Waals surface area contributed by atoms with Gasteiger partial charge in [0.15, 0.2) is 5.82 Å². The molecule has 0 radical (unpaired) electrons. The molecule has 1 aliphatic rings. The number of rotatable bonds is 5. The van der Waals surface area contributed by atoms with Crippen molar-refractivity contribution in [3.63, 3.8) is 0 Å². The fraction of sp³-hybridized carbons (Fsp3) is 0.444. The number of aryl methyl sites for hydroxylation is 2. The predicted molar refractivity (Wildman–Crippen MR) is 104 cm³/mol. The first kappa shape index (κ1) is 17.7. The van der Waals surface area contributed by atoms with Gasteiger partial charge in [-0.05, 0) is 44.5 Å². The summed E-state index contributed by atoms with van der Waals surface area (Å²) in [5, 5.41) is 9.81. The van der Waals surface area contributed by atoms with Crippen LogP contribution in [0.4, 0.5) is 17.2 Å². The lowest BCUT2D eigenvalue weighted by atomic mass is 10.1. The second-order valence-electron chi connectivity index (χ2n) is 6.28. The van der Waals surface area contributed by atoms with E-state index >= 15 is 0 Å². The summed E-state index contributed by atoms with van der Waals surface area (Å²) in [6.07, 6.45) is 0. The molecule has 134 valence electrons. The first-order chi connectivity index (χ1) is 12.0. The second-order valence-corrected chi connectivity index (χ2v) is 7.50. The Morgan fingerprint density at radius 2 is 2.04 bits per heavy atom. The van der Waals surface area contributed by atoms with E-state index in [0.29, 0.717) is 11.6 Å². The largest absolute Gasteiger partial charge is 0.374 e. The van der Waals surface area contributed by atoms with E-state index in [9.17, 15) is 4.79 Å². The number of thioether (sulfide) groups is 1. The Morgan fingerprint density at radius 3 is 2.68 bits per heavy atom. The lowest BCUT2D eigenvalue weighted by Crippen LogP contribution is -2.33. The summed E-state index contributed by atoms with van der Waals surface area (Å²) in [5.41, 5.74) is 3.35. The van der Waals surface area contributed by atoms with Crippen molar-refractivity contribution in [1.82, 2.24) is 5.16 Å². The van der Waals surface area contributed by atoms with E-state index in [-0.39, 0.29) is 11.9 Å². The average Bonchev–Trinajstić information content (AvgIpc) is 3.02.